The Morgan fingerprint density at radius 1 is 1.47 bits per heavy atom. The molecule has 0 saturated heterocycles. The maximum atomic E-state index is 12.1. The summed E-state index contributed by atoms with van der Waals surface area (Å²) in [6.45, 7) is -3.27. The van der Waals surface area contributed by atoms with Crippen LogP contribution in [0.15, 0.2) is 21.9 Å². The van der Waals surface area contributed by atoms with E-state index in [9.17, 15) is 17.2 Å². The van der Waals surface area contributed by atoms with Gasteiger partial charge in [0.05, 0.1) is 5.56 Å². The summed E-state index contributed by atoms with van der Waals surface area (Å²) < 4.78 is 50.5. The van der Waals surface area contributed by atoms with Crippen LogP contribution in [0.5, 0.6) is 5.75 Å². The van der Waals surface area contributed by atoms with E-state index >= 15 is 0 Å². The molecule has 0 aliphatic heterocycles. The lowest BCUT2D eigenvalue weighted by molar-refractivity contribution is -0.0519. The van der Waals surface area contributed by atoms with Gasteiger partial charge >= 0.3 is 6.61 Å². The summed E-state index contributed by atoms with van der Waals surface area (Å²) >= 11 is 3.83. The molecule has 92 valence electrons. The standard InChI is InChI=1S/C8H4ClF2NO3S2/c9-17(13,14)6-2-5(16)1-4(3-12)7(6)15-8(10)11/h1-2,8,16H. The van der Waals surface area contributed by atoms with Crippen LogP contribution in [0, 0.1) is 11.3 Å². The second-order valence-corrected chi connectivity index (χ2v) is 5.80. The Morgan fingerprint density at radius 3 is 2.47 bits per heavy atom. The van der Waals surface area contributed by atoms with Crippen LogP contribution in [-0.2, 0) is 9.05 Å². The van der Waals surface area contributed by atoms with Crippen LogP contribution in [0.25, 0.3) is 0 Å². The van der Waals surface area contributed by atoms with Crippen molar-refractivity contribution in [3.8, 4) is 11.8 Å². The minimum Gasteiger partial charge on any atom is -0.432 e. The number of hydrogen-bond donors (Lipinski definition) is 1. The maximum Gasteiger partial charge on any atom is 0.387 e. The summed E-state index contributed by atoms with van der Waals surface area (Å²) in [5.41, 5.74) is -0.392. The third-order valence-electron chi connectivity index (χ3n) is 1.63. The SMILES string of the molecule is N#Cc1cc(S)cc(S(=O)(=O)Cl)c1OC(F)F. The van der Waals surface area contributed by atoms with Crippen LogP contribution in [0.4, 0.5) is 8.78 Å². The van der Waals surface area contributed by atoms with Gasteiger partial charge in [0.25, 0.3) is 9.05 Å². The van der Waals surface area contributed by atoms with E-state index in [4.69, 9.17) is 15.9 Å². The summed E-state index contributed by atoms with van der Waals surface area (Å²) in [6.07, 6.45) is 0. The van der Waals surface area contributed by atoms with E-state index in [1.54, 1.807) is 0 Å². The van der Waals surface area contributed by atoms with Gasteiger partial charge in [-0.1, -0.05) is 0 Å². The van der Waals surface area contributed by atoms with Crippen LogP contribution < -0.4 is 4.74 Å². The highest BCUT2D eigenvalue weighted by Crippen LogP contribution is 2.34. The van der Waals surface area contributed by atoms with Gasteiger partial charge in [-0.2, -0.15) is 14.0 Å². The number of rotatable bonds is 3. The topological polar surface area (TPSA) is 67.2 Å². The van der Waals surface area contributed by atoms with Crippen molar-refractivity contribution in [2.45, 2.75) is 16.4 Å². The van der Waals surface area contributed by atoms with Crippen molar-refractivity contribution in [1.82, 2.24) is 0 Å². The molecule has 0 atom stereocenters. The molecule has 0 spiro atoms. The minimum absolute atomic E-state index is 0.0855. The van der Waals surface area contributed by atoms with Crippen molar-refractivity contribution in [2.24, 2.45) is 0 Å². The molecule has 0 aromatic heterocycles. The molecule has 0 bridgehead atoms. The number of alkyl halides is 2. The molecule has 0 unspecified atom stereocenters. The van der Waals surface area contributed by atoms with E-state index in [0.717, 1.165) is 12.1 Å². The predicted molar refractivity (Wildman–Crippen MR) is 58.1 cm³/mol. The van der Waals surface area contributed by atoms with E-state index in [0.29, 0.717) is 0 Å². The maximum absolute atomic E-state index is 12.1. The van der Waals surface area contributed by atoms with Gasteiger partial charge in [0.15, 0.2) is 5.75 Å². The van der Waals surface area contributed by atoms with E-state index in [1.165, 1.54) is 6.07 Å². The zero-order valence-corrected chi connectivity index (χ0v) is 10.4. The third kappa shape index (κ3) is 3.46. The fourth-order valence-electron chi connectivity index (χ4n) is 1.06. The Balaban J connectivity index is 3.57. The fraction of sp³-hybridized carbons (Fsp3) is 0.125. The molecule has 0 amide bonds. The van der Waals surface area contributed by atoms with Gasteiger partial charge in [0.1, 0.15) is 11.0 Å². The Bertz CT molecular complexity index is 583. The van der Waals surface area contributed by atoms with Gasteiger partial charge in [0, 0.05) is 15.6 Å². The van der Waals surface area contributed by atoms with E-state index in [2.05, 4.69) is 17.4 Å². The van der Waals surface area contributed by atoms with Crippen LogP contribution in [-0.4, -0.2) is 15.0 Å². The highest BCUT2D eigenvalue weighted by Gasteiger charge is 2.23. The largest absolute Gasteiger partial charge is 0.432 e. The Kier molecular flexibility index (Phi) is 4.19. The molecule has 1 rings (SSSR count). The van der Waals surface area contributed by atoms with Crippen LogP contribution in [0.2, 0.25) is 0 Å². The molecule has 0 aliphatic rings. The first kappa shape index (κ1) is 14.0. The van der Waals surface area contributed by atoms with Gasteiger partial charge in [-0.25, -0.2) is 8.42 Å². The number of nitriles is 1. The molecule has 0 aliphatic carbocycles. The van der Waals surface area contributed by atoms with Crippen molar-refractivity contribution in [3.63, 3.8) is 0 Å². The lowest BCUT2D eigenvalue weighted by Gasteiger charge is -2.10. The minimum atomic E-state index is -4.32. The van der Waals surface area contributed by atoms with Crippen LogP contribution >= 0.6 is 23.3 Å². The molecule has 0 saturated carbocycles. The summed E-state index contributed by atoms with van der Waals surface area (Å²) in [7, 11) is 0.732. The Morgan fingerprint density at radius 2 is 2.06 bits per heavy atom. The van der Waals surface area contributed by atoms with Crippen molar-refractivity contribution >= 4 is 32.4 Å². The van der Waals surface area contributed by atoms with Gasteiger partial charge in [0.2, 0.25) is 0 Å². The predicted octanol–water partition coefficient (Wildman–Crippen LogP) is 2.38. The van der Waals surface area contributed by atoms with E-state index in [1.807, 2.05) is 0 Å². The fourth-order valence-corrected chi connectivity index (χ4v) is 2.40. The van der Waals surface area contributed by atoms with Gasteiger partial charge in [-0.05, 0) is 12.1 Å². The van der Waals surface area contributed by atoms with Crippen molar-refractivity contribution < 1.29 is 21.9 Å². The van der Waals surface area contributed by atoms with Gasteiger partial charge in [-0.3, -0.25) is 0 Å². The quantitative estimate of drug-likeness (QED) is 0.687. The number of hydrogen-bond acceptors (Lipinski definition) is 5. The molecule has 17 heavy (non-hydrogen) atoms. The number of benzene rings is 1. The zero-order chi connectivity index (χ0) is 13.2. The molecule has 1 aromatic rings. The molecule has 4 nitrogen and oxygen atoms in total. The van der Waals surface area contributed by atoms with E-state index in [-0.39, 0.29) is 4.90 Å². The average molecular weight is 300 g/mol. The highest BCUT2D eigenvalue weighted by molar-refractivity contribution is 8.13. The second-order valence-electron chi connectivity index (χ2n) is 2.75. The first-order valence-corrected chi connectivity index (χ1v) is 6.68. The third-order valence-corrected chi connectivity index (χ3v) is 3.22. The summed E-state index contributed by atoms with van der Waals surface area (Å²) in [5, 5.41) is 8.70. The lowest BCUT2D eigenvalue weighted by Crippen LogP contribution is -2.07. The molecule has 0 N–H and O–H groups in total. The van der Waals surface area contributed by atoms with Crippen LogP contribution in [0.1, 0.15) is 5.56 Å². The first-order chi connectivity index (χ1) is 7.75. The summed E-state index contributed by atoms with van der Waals surface area (Å²) in [4.78, 5) is -0.633. The normalized spacial score (nSPS) is 11.3. The lowest BCUT2D eigenvalue weighted by atomic mass is 10.2. The highest BCUT2D eigenvalue weighted by atomic mass is 35.7. The first-order valence-electron chi connectivity index (χ1n) is 3.92. The second kappa shape index (κ2) is 5.08. The number of nitrogens with zero attached hydrogens (tertiary/aromatic N) is 1. The average Bonchev–Trinajstić information content (AvgIpc) is 2.17. The number of thiol groups is 1. The van der Waals surface area contributed by atoms with Crippen molar-refractivity contribution in [3.05, 3.63) is 17.7 Å². The Hall–Kier alpha value is -1.04. The van der Waals surface area contributed by atoms with Gasteiger partial charge in [-0.15, -0.1) is 12.6 Å². The molecule has 1 aromatic carbocycles. The van der Waals surface area contributed by atoms with Crippen molar-refractivity contribution in [1.29, 1.82) is 5.26 Å². The van der Waals surface area contributed by atoms with E-state index < -0.39 is 31.9 Å². The molecular formula is C8H4ClF2NO3S2. The van der Waals surface area contributed by atoms with Crippen molar-refractivity contribution in [2.75, 3.05) is 0 Å². The summed E-state index contributed by atoms with van der Waals surface area (Å²) in [6, 6.07) is 3.53. The Labute approximate surface area is 106 Å². The number of halogens is 3. The van der Waals surface area contributed by atoms with Gasteiger partial charge < -0.3 is 4.74 Å². The van der Waals surface area contributed by atoms with Crippen LogP contribution in [0.3, 0.4) is 0 Å². The zero-order valence-electron chi connectivity index (χ0n) is 7.89. The smallest absolute Gasteiger partial charge is 0.387 e. The molecule has 9 heteroatoms. The monoisotopic (exact) mass is 299 g/mol. The molecular weight excluding hydrogens is 296 g/mol. The molecule has 0 fully saturated rings. The number of ether oxygens (including phenoxy) is 1. The summed E-state index contributed by atoms with van der Waals surface area (Å²) in [5.74, 6) is -0.782. The molecule has 0 heterocycles. The molecule has 0 radical (unpaired) electrons.